The van der Waals surface area contributed by atoms with Gasteiger partial charge in [-0.25, -0.2) is 4.98 Å². The Labute approximate surface area is 101 Å². The predicted octanol–water partition coefficient (Wildman–Crippen LogP) is 1.86. The van der Waals surface area contributed by atoms with Gasteiger partial charge in [-0.2, -0.15) is 0 Å². The van der Waals surface area contributed by atoms with E-state index >= 15 is 0 Å². The fourth-order valence-corrected chi connectivity index (χ4v) is 3.60. The molecule has 0 spiro atoms. The molecule has 0 bridgehead atoms. The van der Waals surface area contributed by atoms with Gasteiger partial charge in [-0.05, 0) is 25.8 Å². The molecule has 2 atom stereocenters. The lowest BCUT2D eigenvalue weighted by molar-refractivity contribution is 0.180. The van der Waals surface area contributed by atoms with Crippen LogP contribution in [0.25, 0.3) is 0 Å². The summed E-state index contributed by atoms with van der Waals surface area (Å²) in [5.41, 5.74) is 3.11. The molecule has 0 amide bonds. The second kappa shape index (κ2) is 4.82. The van der Waals surface area contributed by atoms with Crippen molar-refractivity contribution in [3.8, 4) is 0 Å². The lowest BCUT2D eigenvalue weighted by Gasteiger charge is -2.32. The van der Waals surface area contributed by atoms with Gasteiger partial charge in [0.15, 0.2) is 0 Å². The zero-order valence-corrected chi connectivity index (χ0v) is 10.4. The van der Waals surface area contributed by atoms with Crippen LogP contribution >= 0.6 is 11.3 Å². The van der Waals surface area contributed by atoms with Crippen LogP contribution in [-0.2, 0) is 6.54 Å². The Morgan fingerprint density at radius 1 is 1.38 bits per heavy atom. The molecule has 88 valence electrons. The van der Waals surface area contributed by atoms with Crippen LogP contribution in [0.5, 0.6) is 0 Å². The Hall–Kier alpha value is -0.450. The molecule has 0 aromatic carbocycles. The number of piperidine rings is 1. The zero-order valence-electron chi connectivity index (χ0n) is 9.56. The van der Waals surface area contributed by atoms with E-state index in [1.807, 2.05) is 5.51 Å². The van der Waals surface area contributed by atoms with Crippen LogP contribution in [0.4, 0.5) is 0 Å². The SMILES string of the molecule is c1nc(CNC2CCN3CCCCC23)cs1. The maximum Gasteiger partial charge on any atom is 0.0795 e. The van der Waals surface area contributed by atoms with Crippen molar-refractivity contribution in [2.75, 3.05) is 13.1 Å². The molecular formula is C12H19N3S. The molecule has 1 aromatic heterocycles. The highest BCUT2D eigenvalue weighted by atomic mass is 32.1. The van der Waals surface area contributed by atoms with Crippen molar-refractivity contribution in [2.24, 2.45) is 0 Å². The van der Waals surface area contributed by atoms with Gasteiger partial charge in [0.2, 0.25) is 0 Å². The molecule has 4 heteroatoms. The Balaban J connectivity index is 1.55. The topological polar surface area (TPSA) is 28.2 Å². The fraction of sp³-hybridized carbons (Fsp3) is 0.750. The number of fused-ring (bicyclic) bond motifs is 1. The number of aromatic nitrogens is 1. The number of nitrogens with one attached hydrogen (secondary N) is 1. The van der Waals surface area contributed by atoms with Crippen molar-refractivity contribution >= 4 is 11.3 Å². The van der Waals surface area contributed by atoms with Crippen molar-refractivity contribution in [3.05, 3.63) is 16.6 Å². The molecule has 2 fully saturated rings. The minimum absolute atomic E-state index is 0.696. The molecular weight excluding hydrogens is 218 g/mol. The van der Waals surface area contributed by atoms with E-state index in [2.05, 4.69) is 20.6 Å². The van der Waals surface area contributed by atoms with Crippen molar-refractivity contribution in [3.63, 3.8) is 0 Å². The Morgan fingerprint density at radius 3 is 3.25 bits per heavy atom. The van der Waals surface area contributed by atoms with E-state index < -0.39 is 0 Å². The van der Waals surface area contributed by atoms with Gasteiger partial charge >= 0.3 is 0 Å². The summed E-state index contributed by atoms with van der Waals surface area (Å²) in [6.07, 6.45) is 5.51. The molecule has 3 nitrogen and oxygen atoms in total. The highest BCUT2D eigenvalue weighted by Crippen LogP contribution is 2.27. The maximum atomic E-state index is 4.32. The molecule has 0 saturated carbocycles. The normalized spacial score (nSPS) is 30.5. The van der Waals surface area contributed by atoms with Crippen LogP contribution < -0.4 is 5.32 Å². The van der Waals surface area contributed by atoms with Gasteiger partial charge in [0.1, 0.15) is 0 Å². The van der Waals surface area contributed by atoms with Crippen LogP contribution in [0.2, 0.25) is 0 Å². The lowest BCUT2D eigenvalue weighted by atomic mass is 9.99. The van der Waals surface area contributed by atoms with Crippen LogP contribution in [0, 0.1) is 0 Å². The third kappa shape index (κ3) is 2.14. The molecule has 3 rings (SSSR count). The van der Waals surface area contributed by atoms with Crippen LogP contribution in [0.15, 0.2) is 10.9 Å². The zero-order chi connectivity index (χ0) is 10.8. The summed E-state index contributed by atoms with van der Waals surface area (Å²) in [5, 5.41) is 5.83. The van der Waals surface area contributed by atoms with E-state index in [1.165, 1.54) is 44.5 Å². The molecule has 0 aliphatic carbocycles. The molecule has 2 unspecified atom stereocenters. The monoisotopic (exact) mass is 237 g/mol. The Bertz CT molecular complexity index is 325. The van der Waals surface area contributed by atoms with Gasteiger partial charge in [0.25, 0.3) is 0 Å². The van der Waals surface area contributed by atoms with E-state index in [4.69, 9.17) is 0 Å². The number of hydrogen-bond donors (Lipinski definition) is 1. The maximum absolute atomic E-state index is 4.32. The van der Waals surface area contributed by atoms with Crippen molar-refractivity contribution in [2.45, 2.75) is 44.3 Å². The quantitative estimate of drug-likeness (QED) is 0.870. The Morgan fingerprint density at radius 2 is 2.38 bits per heavy atom. The molecule has 2 aliphatic heterocycles. The number of hydrogen-bond acceptors (Lipinski definition) is 4. The van der Waals surface area contributed by atoms with Gasteiger partial charge < -0.3 is 5.32 Å². The van der Waals surface area contributed by atoms with E-state index in [0.717, 1.165) is 12.6 Å². The average Bonchev–Trinajstić information content (AvgIpc) is 2.96. The van der Waals surface area contributed by atoms with E-state index in [1.54, 1.807) is 11.3 Å². The van der Waals surface area contributed by atoms with Crippen molar-refractivity contribution in [1.29, 1.82) is 0 Å². The highest BCUT2D eigenvalue weighted by Gasteiger charge is 2.34. The standard InChI is InChI=1S/C12H19N3S/c1-2-5-15-6-4-11(12(15)3-1)13-7-10-8-16-9-14-10/h8-9,11-13H,1-7H2. The van der Waals surface area contributed by atoms with E-state index in [-0.39, 0.29) is 0 Å². The van der Waals surface area contributed by atoms with Crippen molar-refractivity contribution in [1.82, 2.24) is 15.2 Å². The predicted molar refractivity (Wildman–Crippen MR) is 66.6 cm³/mol. The minimum Gasteiger partial charge on any atom is -0.307 e. The molecule has 2 saturated heterocycles. The van der Waals surface area contributed by atoms with E-state index in [9.17, 15) is 0 Å². The summed E-state index contributed by atoms with van der Waals surface area (Å²) in [4.78, 5) is 6.99. The number of thiazole rings is 1. The fourth-order valence-electron chi connectivity index (χ4n) is 3.05. The second-order valence-electron chi connectivity index (χ2n) is 4.85. The summed E-state index contributed by atoms with van der Waals surface area (Å²) in [6.45, 7) is 3.55. The largest absolute Gasteiger partial charge is 0.307 e. The van der Waals surface area contributed by atoms with Gasteiger partial charge in [0.05, 0.1) is 11.2 Å². The lowest BCUT2D eigenvalue weighted by Crippen LogP contribution is -2.44. The molecule has 3 heterocycles. The van der Waals surface area contributed by atoms with Gasteiger partial charge in [0, 0.05) is 30.6 Å². The molecule has 1 aromatic rings. The van der Waals surface area contributed by atoms with Crippen LogP contribution in [-0.4, -0.2) is 35.1 Å². The van der Waals surface area contributed by atoms with Gasteiger partial charge in [-0.1, -0.05) is 6.42 Å². The van der Waals surface area contributed by atoms with Crippen LogP contribution in [0.1, 0.15) is 31.4 Å². The third-order valence-electron chi connectivity index (χ3n) is 3.88. The van der Waals surface area contributed by atoms with Gasteiger partial charge in [-0.15, -0.1) is 11.3 Å². The van der Waals surface area contributed by atoms with Crippen molar-refractivity contribution < 1.29 is 0 Å². The first kappa shape index (κ1) is 10.7. The second-order valence-corrected chi connectivity index (χ2v) is 5.57. The highest BCUT2D eigenvalue weighted by molar-refractivity contribution is 7.07. The molecule has 1 N–H and O–H groups in total. The van der Waals surface area contributed by atoms with Gasteiger partial charge in [-0.3, -0.25) is 4.90 Å². The summed E-state index contributed by atoms with van der Waals surface area (Å²) in [5.74, 6) is 0. The molecule has 16 heavy (non-hydrogen) atoms. The Kier molecular flexibility index (Phi) is 3.22. The first-order chi connectivity index (χ1) is 7.93. The first-order valence-electron chi connectivity index (χ1n) is 6.28. The minimum atomic E-state index is 0.696. The van der Waals surface area contributed by atoms with E-state index in [0.29, 0.717) is 6.04 Å². The smallest absolute Gasteiger partial charge is 0.0795 e. The average molecular weight is 237 g/mol. The summed E-state index contributed by atoms with van der Waals surface area (Å²) in [7, 11) is 0. The number of nitrogens with zero attached hydrogens (tertiary/aromatic N) is 2. The summed E-state index contributed by atoms with van der Waals surface area (Å²) < 4.78 is 0. The molecule has 2 aliphatic rings. The first-order valence-corrected chi connectivity index (χ1v) is 7.22. The summed E-state index contributed by atoms with van der Waals surface area (Å²) in [6, 6.07) is 1.49. The number of rotatable bonds is 3. The van der Waals surface area contributed by atoms with Crippen LogP contribution in [0.3, 0.4) is 0 Å². The molecule has 0 radical (unpaired) electrons. The summed E-state index contributed by atoms with van der Waals surface area (Å²) >= 11 is 1.68. The third-order valence-corrected chi connectivity index (χ3v) is 4.52.